The first kappa shape index (κ1) is 19.3. The van der Waals surface area contributed by atoms with Crippen LogP contribution in [0, 0.1) is 6.92 Å². The van der Waals surface area contributed by atoms with E-state index in [2.05, 4.69) is 45.5 Å². The summed E-state index contributed by atoms with van der Waals surface area (Å²) in [5, 5.41) is 14.3. The molecule has 3 heterocycles. The van der Waals surface area contributed by atoms with E-state index in [0.717, 1.165) is 66.6 Å². The van der Waals surface area contributed by atoms with E-state index < -0.39 is 0 Å². The van der Waals surface area contributed by atoms with E-state index in [0.29, 0.717) is 17.5 Å². The van der Waals surface area contributed by atoms with E-state index in [-0.39, 0.29) is 0 Å². The molecule has 1 fully saturated rings. The van der Waals surface area contributed by atoms with Gasteiger partial charge in [0.1, 0.15) is 17.6 Å². The second-order valence-corrected chi connectivity index (χ2v) is 8.40. The number of benzene rings is 2. The van der Waals surface area contributed by atoms with Gasteiger partial charge < -0.3 is 14.3 Å². The van der Waals surface area contributed by atoms with E-state index in [1.165, 1.54) is 10.4 Å². The average Bonchev–Trinajstić information content (AvgIpc) is 3.35. The minimum absolute atomic E-state index is 0.465. The van der Waals surface area contributed by atoms with Crippen molar-refractivity contribution in [3.63, 3.8) is 0 Å². The van der Waals surface area contributed by atoms with E-state index in [1.807, 2.05) is 12.1 Å². The zero-order chi connectivity index (χ0) is 20.5. The molecule has 7 nitrogen and oxygen atoms in total. The molecule has 1 aliphatic heterocycles. The van der Waals surface area contributed by atoms with E-state index >= 15 is 0 Å². The van der Waals surface area contributed by atoms with Gasteiger partial charge in [0.15, 0.2) is 5.58 Å². The Morgan fingerprint density at radius 3 is 2.90 bits per heavy atom. The monoisotopic (exact) mass is 425 g/mol. The third kappa shape index (κ3) is 3.87. The number of halogens is 1. The van der Waals surface area contributed by atoms with Crippen molar-refractivity contribution in [1.29, 1.82) is 0 Å². The fraction of sp³-hybridized carbons (Fsp3) is 0.409. The van der Waals surface area contributed by atoms with Crippen LogP contribution < -0.4 is 4.84 Å². The van der Waals surface area contributed by atoms with Crippen molar-refractivity contribution < 1.29 is 9.36 Å². The summed E-state index contributed by atoms with van der Waals surface area (Å²) in [5.41, 5.74) is 4.77. The highest BCUT2D eigenvalue weighted by Crippen LogP contribution is 2.32. The van der Waals surface area contributed by atoms with Crippen LogP contribution >= 0.6 is 11.6 Å². The van der Waals surface area contributed by atoms with Crippen LogP contribution in [-0.2, 0) is 0 Å². The Labute approximate surface area is 179 Å². The zero-order valence-corrected chi connectivity index (χ0v) is 17.7. The Kier molecular flexibility index (Phi) is 5.31. The number of hydrogen-bond acceptors (Lipinski definition) is 6. The largest absolute Gasteiger partial charge is 0.395 e. The number of aryl methyl sites for hydroxylation is 1. The lowest BCUT2D eigenvalue weighted by molar-refractivity contribution is 0.0766. The van der Waals surface area contributed by atoms with E-state index in [4.69, 9.17) is 21.0 Å². The fourth-order valence-electron chi connectivity index (χ4n) is 4.19. The molecule has 0 N–H and O–H groups in total. The van der Waals surface area contributed by atoms with Crippen LogP contribution in [0.3, 0.4) is 0 Å². The Morgan fingerprint density at radius 2 is 2.03 bits per heavy atom. The highest BCUT2D eigenvalue weighted by molar-refractivity contribution is 6.31. The van der Waals surface area contributed by atoms with Crippen molar-refractivity contribution in [2.45, 2.75) is 32.1 Å². The van der Waals surface area contributed by atoms with Gasteiger partial charge in [-0.05, 0) is 80.4 Å². The molecule has 0 unspecified atom stereocenters. The summed E-state index contributed by atoms with van der Waals surface area (Å²) in [6.45, 7) is 5.78. The molecule has 2 aromatic carbocycles. The van der Waals surface area contributed by atoms with Crippen molar-refractivity contribution in [1.82, 2.24) is 25.2 Å². The topological polar surface area (TPSA) is 69.2 Å². The van der Waals surface area contributed by atoms with E-state index in [1.54, 1.807) is 6.07 Å². The molecule has 4 aromatic rings. The highest BCUT2D eigenvalue weighted by Gasteiger charge is 2.24. The summed E-state index contributed by atoms with van der Waals surface area (Å²) >= 11 is 6.06. The smallest absolute Gasteiger partial charge is 0.167 e. The van der Waals surface area contributed by atoms with Gasteiger partial charge in [0, 0.05) is 22.9 Å². The van der Waals surface area contributed by atoms with Crippen molar-refractivity contribution >= 4 is 33.6 Å². The van der Waals surface area contributed by atoms with Crippen molar-refractivity contribution in [2.75, 3.05) is 26.2 Å². The van der Waals surface area contributed by atoms with Crippen LogP contribution in [0.1, 0.15) is 36.4 Å². The van der Waals surface area contributed by atoms with Gasteiger partial charge >= 0.3 is 0 Å². The van der Waals surface area contributed by atoms with Gasteiger partial charge in [0.2, 0.25) is 0 Å². The molecule has 2 aromatic heterocycles. The van der Waals surface area contributed by atoms with Crippen LogP contribution in [0.2, 0.25) is 5.02 Å². The second kappa shape index (κ2) is 8.24. The summed E-state index contributed by atoms with van der Waals surface area (Å²) < 4.78 is 5.56. The molecule has 0 radical (unpaired) electrons. The molecule has 0 atom stereocenters. The number of rotatable bonds is 6. The van der Waals surface area contributed by atoms with Gasteiger partial charge in [-0.15, -0.1) is 5.10 Å². The van der Waals surface area contributed by atoms with Crippen LogP contribution in [0.4, 0.5) is 0 Å². The maximum Gasteiger partial charge on any atom is 0.167 e. The van der Waals surface area contributed by atoms with Gasteiger partial charge in [0.25, 0.3) is 0 Å². The third-order valence-electron chi connectivity index (χ3n) is 5.84. The molecule has 0 saturated carbocycles. The SMILES string of the molecule is Cc1ccc2c(C3CCN(CCCOn4nnc5ccc(Cl)cc54)CC3)noc2c1. The second-order valence-electron chi connectivity index (χ2n) is 7.97. The number of nitrogens with zero attached hydrogens (tertiary/aromatic N) is 5. The average molecular weight is 426 g/mol. The lowest BCUT2D eigenvalue weighted by Gasteiger charge is -2.31. The van der Waals surface area contributed by atoms with Gasteiger partial charge in [0.05, 0.1) is 5.69 Å². The van der Waals surface area contributed by atoms with Crippen LogP contribution in [0.15, 0.2) is 40.9 Å². The van der Waals surface area contributed by atoms with Gasteiger partial charge in [-0.3, -0.25) is 0 Å². The minimum atomic E-state index is 0.465. The Hall–Kier alpha value is -2.64. The first-order chi connectivity index (χ1) is 14.7. The minimum Gasteiger partial charge on any atom is -0.395 e. The predicted octanol–water partition coefficient (Wildman–Crippen LogP) is 4.23. The normalized spacial score (nSPS) is 15.9. The highest BCUT2D eigenvalue weighted by atomic mass is 35.5. The molecule has 0 amide bonds. The maximum atomic E-state index is 6.06. The molecule has 0 bridgehead atoms. The van der Waals surface area contributed by atoms with Crippen LogP contribution in [0.25, 0.3) is 22.0 Å². The Morgan fingerprint density at radius 1 is 1.17 bits per heavy atom. The number of fused-ring (bicyclic) bond motifs is 2. The lowest BCUT2D eigenvalue weighted by Crippen LogP contribution is -2.34. The molecule has 30 heavy (non-hydrogen) atoms. The molecule has 1 saturated heterocycles. The molecule has 5 rings (SSSR count). The third-order valence-corrected chi connectivity index (χ3v) is 6.07. The molecule has 8 heteroatoms. The number of aromatic nitrogens is 4. The maximum absolute atomic E-state index is 6.06. The standard InChI is InChI=1S/C22H24ClN5O2/c1-15-3-5-18-21(13-15)30-25-22(18)16-7-10-27(11-8-16)9-2-12-29-28-20-14-17(23)4-6-19(20)24-26-28/h3-6,13-14,16H,2,7-12H2,1H3. The number of hydrogen-bond donors (Lipinski definition) is 0. The molecular formula is C22H24ClN5O2. The van der Waals surface area contributed by atoms with Crippen molar-refractivity contribution in [3.8, 4) is 0 Å². The quantitative estimate of drug-likeness (QED) is 0.430. The van der Waals surface area contributed by atoms with E-state index in [9.17, 15) is 0 Å². The summed E-state index contributed by atoms with van der Waals surface area (Å²) in [5.74, 6) is 0.465. The predicted molar refractivity (Wildman–Crippen MR) is 116 cm³/mol. The van der Waals surface area contributed by atoms with Crippen LogP contribution in [-0.4, -0.2) is 51.5 Å². The summed E-state index contributed by atoms with van der Waals surface area (Å²) in [6, 6.07) is 11.8. The summed E-state index contributed by atoms with van der Waals surface area (Å²) in [6.07, 6.45) is 3.13. The summed E-state index contributed by atoms with van der Waals surface area (Å²) in [4.78, 5) is 9.73. The zero-order valence-electron chi connectivity index (χ0n) is 16.9. The Bertz CT molecular complexity index is 1160. The molecule has 0 spiro atoms. The van der Waals surface area contributed by atoms with Gasteiger partial charge in [-0.1, -0.05) is 27.7 Å². The van der Waals surface area contributed by atoms with Gasteiger partial charge in [-0.25, -0.2) is 0 Å². The fourth-order valence-corrected chi connectivity index (χ4v) is 4.36. The van der Waals surface area contributed by atoms with Gasteiger partial charge in [-0.2, -0.15) is 0 Å². The molecule has 156 valence electrons. The summed E-state index contributed by atoms with van der Waals surface area (Å²) in [7, 11) is 0. The molecule has 1 aliphatic rings. The first-order valence-corrected chi connectivity index (χ1v) is 10.8. The Balaban J connectivity index is 1.11. The van der Waals surface area contributed by atoms with Crippen molar-refractivity contribution in [3.05, 3.63) is 52.7 Å². The number of likely N-dealkylation sites (tertiary alicyclic amines) is 1. The first-order valence-electron chi connectivity index (χ1n) is 10.4. The van der Waals surface area contributed by atoms with Crippen LogP contribution in [0.5, 0.6) is 0 Å². The van der Waals surface area contributed by atoms with Crippen molar-refractivity contribution in [2.24, 2.45) is 0 Å². The lowest BCUT2D eigenvalue weighted by atomic mass is 9.91. The molecule has 0 aliphatic carbocycles. The number of piperidine rings is 1. The molecular weight excluding hydrogens is 402 g/mol.